The van der Waals surface area contributed by atoms with Crippen LogP contribution in [-0.2, 0) is 0 Å². The van der Waals surface area contributed by atoms with Crippen LogP contribution in [0.15, 0.2) is 43.7 Å². The molecule has 3 rings (SSSR count). The Labute approximate surface area is 135 Å². The van der Waals surface area contributed by atoms with Gasteiger partial charge in [0.15, 0.2) is 0 Å². The van der Waals surface area contributed by atoms with E-state index in [9.17, 15) is 0 Å². The first-order chi connectivity index (χ1) is 9.08. The van der Waals surface area contributed by atoms with Crippen molar-refractivity contribution in [3.63, 3.8) is 0 Å². The van der Waals surface area contributed by atoms with E-state index in [1.54, 1.807) is 7.11 Å². The molecule has 2 aromatic carbocycles. The van der Waals surface area contributed by atoms with Crippen LogP contribution in [0.1, 0.15) is 0 Å². The maximum atomic E-state index is 5.32. The topological polar surface area (TPSA) is 22.1 Å². The summed E-state index contributed by atoms with van der Waals surface area (Å²) < 4.78 is 8.23. The number of aromatic nitrogens is 1. The van der Waals surface area contributed by atoms with Gasteiger partial charge in [0, 0.05) is 19.7 Å². The fraction of sp³-hybridized carbons (Fsp3) is 0.0714. The Hall–Kier alpha value is -0.650. The first kappa shape index (κ1) is 13.3. The maximum Gasteiger partial charge on any atom is 0.133 e. The van der Waals surface area contributed by atoms with Gasteiger partial charge in [-0.15, -0.1) is 0 Å². The van der Waals surface area contributed by atoms with Crippen molar-refractivity contribution in [2.75, 3.05) is 7.11 Å². The second-order valence-corrected chi connectivity index (χ2v) is 6.75. The van der Waals surface area contributed by atoms with E-state index in [1.807, 2.05) is 18.2 Å². The Bertz CT molecular complexity index is 802. The summed E-state index contributed by atoms with van der Waals surface area (Å²) in [5, 5.41) is 2.13. The number of rotatable bonds is 1. The third-order valence-corrected chi connectivity index (χ3v) is 4.58. The maximum absolute atomic E-state index is 5.32. The minimum atomic E-state index is 0.808. The van der Waals surface area contributed by atoms with Gasteiger partial charge in [0.05, 0.1) is 22.6 Å². The summed E-state index contributed by atoms with van der Waals surface area (Å²) in [7, 11) is 1.66. The van der Waals surface area contributed by atoms with Gasteiger partial charge in [0.2, 0.25) is 0 Å². The molecule has 0 radical (unpaired) electrons. The molecule has 0 aliphatic heterocycles. The van der Waals surface area contributed by atoms with Gasteiger partial charge in [0.25, 0.3) is 0 Å². The number of pyridine rings is 1. The SMILES string of the molecule is COc1cc2cc3cc(Br)cc(Br)c3nc2cc1Br. The van der Waals surface area contributed by atoms with E-state index in [4.69, 9.17) is 9.72 Å². The molecule has 0 fully saturated rings. The van der Waals surface area contributed by atoms with Gasteiger partial charge in [-0.1, -0.05) is 15.9 Å². The van der Waals surface area contributed by atoms with Gasteiger partial charge in [-0.3, -0.25) is 0 Å². The molecule has 0 aliphatic rings. The van der Waals surface area contributed by atoms with Crippen LogP contribution in [0.4, 0.5) is 0 Å². The lowest BCUT2D eigenvalue weighted by atomic mass is 10.1. The van der Waals surface area contributed by atoms with Gasteiger partial charge < -0.3 is 4.74 Å². The summed E-state index contributed by atoms with van der Waals surface area (Å²) in [6.07, 6.45) is 0. The molecule has 1 heterocycles. The van der Waals surface area contributed by atoms with Crippen molar-refractivity contribution in [1.29, 1.82) is 0 Å². The van der Waals surface area contributed by atoms with E-state index >= 15 is 0 Å². The molecule has 2 nitrogen and oxygen atoms in total. The van der Waals surface area contributed by atoms with Crippen LogP contribution in [0, 0.1) is 0 Å². The number of ether oxygens (including phenoxy) is 1. The molecular weight excluding hydrogens is 438 g/mol. The zero-order valence-corrected chi connectivity index (χ0v) is 14.6. The summed E-state index contributed by atoms with van der Waals surface area (Å²) in [4.78, 5) is 4.70. The van der Waals surface area contributed by atoms with E-state index < -0.39 is 0 Å². The molecule has 0 unspecified atom stereocenters. The summed E-state index contributed by atoms with van der Waals surface area (Å²) >= 11 is 10.5. The van der Waals surface area contributed by atoms with Crippen LogP contribution in [0.2, 0.25) is 0 Å². The van der Waals surface area contributed by atoms with E-state index in [2.05, 4.69) is 59.9 Å². The van der Waals surface area contributed by atoms with Crippen molar-refractivity contribution >= 4 is 69.6 Å². The number of halogens is 3. The van der Waals surface area contributed by atoms with E-state index in [1.165, 1.54) is 0 Å². The first-order valence-corrected chi connectivity index (χ1v) is 7.89. The molecule has 5 heteroatoms. The van der Waals surface area contributed by atoms with Crippen molar-refractivity contribution in [3.8, 4) is 5.75 Å². The average molecular weight is 446 g/mol. The number of benzene rings is 2. The van der Waals surface area contributed by atoms with Crippen LogP contribution < -0.4 is 4.74 Å². The van der Waals surface area contributed by atoms with Crippen LogP contribution in [0.3, 0.4) is 0 Å². The second-order valence-electron chi connectivity index (χ2n) is 4.13. The van der Waals surface area contributed by atoms with E-state index in [0.717, 1.165) is 41.0 Å². The highest BCUT2D eigenvalue weighted by atomic mass is 79.9. The van der Waals surface area contributed by atoms with Gasteiger partial charge in [-0.25, -0.2) is 4.98 Å². The standard InChI is InChI=1S/C14H8Br3NO/c1-19-13-4-7-2-8-3-9(15)5-11(17)14(8)18-12(7)6-10(13)16/h2-6H,1H3. The molecule has 0 aliphatic carbocycles. The smallest absolute Gasteiger partial charge is 0.133 e. The third-order valence-electron chi connectivity index (χ3n) is 2.90. The summed E-state index contributed by atoms with van der Waals surface area (Å²) in [5.74, 6) is 0.808. The van der Waals surface area contributed by atoms with Crippen molar-refractivity contribution in [2.24, 2.45) is 0 Å². The second kappa shape index (κ2) is 5.04. The van der Waals surface area contributed by atoms with Gasteiger partial charge >= 0.3 is 0 Å². The van der Waals surface area contributed by atoms with Crippen molar-refractivity contribution < 1.29 is 4.74 Å². The largest absolute Gasteiger partial charge is 0.496 e. The number of fused-ring (bicyclic) bond motifs is 2. The fourth-order valence-electron chi connectivity index (χ4n) is 2.03. The average Bonchev–Trinajstić information content (AvgIpc) is 2.36. The highest BCUT2D eigenvalue weighted by Crippen LogP contribution is 2.33. The molecule has 0 N–H and O–H groups in total. The number of methoxy groups -OCH3 is 1. The van der Waals surface area contributed by atoms with Gasteiger partial charge in [0.1, 0.15) is 5.75 Å². The number of nitrogens with zero attached hydrogens (tertiary/aromatic N) is 1. The third kappa shape index (κ3) is 2.39. The molecule has 0 saturated heterocycles. The lowest BCUT2D eigenvalue weighted by molar-refractivity contribution is 0.413. The monoisotopic (exact) mass is 443 g/mol. The molecule has 0 saturated carbocycles. The Morgan fingerprint density at radius 2 is 1.68 bits per heavy atom. The normalized spacial score (nSPS) is 11.2. The molecular formula is C14H8Br3NO. The molecule has 19 heavy (non-hydrogen) atoms. The van der Waals surface area contributed by atoms with Crippen LogP contribution in [0.25, 0.3) is 21.8 Å². The Kier molecular flexibility index (Phi) is 3.53. The molecule has 0 atom stereocenters. The highest BCUT2D eigenvalue weighted by molar-refractivity contribution is 9.11. The zero-order valence-electron chi connectivity index (χ0n) is 9.88. The Morgan fingerprint density at radius 3 is 2.42 bits per heavy atom. The Morgan fingerprint density at radius 1 is 0.895 bits per heavy atom. The molecule has 0 spiro atoms. The predicted molar refractivity (Wildman–Crippen MR) is 88.9 cm³/mol. The molecule has 0 bridgehead atoms. The predicted octanol–water partition coefficient (Wildman–Crippen LogP) is 5.68. The minimum Gasteiger partial charge on any atom is -0.496 e. The van der Waals surface area contributed by atoms with E-state index in [-0.39, 0.29) is 0 Å². The van der Waals surface area contributed by atoms with Crippen molar-refractivity contribution in [2.45, 2.75) is 0 Å². The molecule has 96 valence electrons. The number of hydrogen-bond donors (Lipinski definition) is 0. The van der Waals surface area contributed by atoms with Crippen molar-refractivity contribution in [1.82, 2.24) is 4.98 Å². The van der Waals surface area contributed by atoms with Crippen molar-refractivity contribution in [3.05, 3.63) is 43.7 Å². The lowest BCUT2D eigenvalue weighted by Gasteiger charge is -2.08. The molecule has 1 aromatic heterocycles. The van der Waals surface area contributed by atoms with Crippen LogP contribution in [-0.4, -0.2) is 12.1 Å². The summed E-state index contributed by atoms with van der Waals surface area (Å²) in [5.41, 5.74) is 1.89. The zero-order chi connectivity index (χ0) is 13.6. The Balaban J connectivity index is 2.41. The summed E-state index contributed by atoms with van der Waals surface area (Å²) in [6, 6.07) is 10.1. The van der Waals surface area contributed by atoms with Crippen LogP contribution >= 0.6 is 47.8 Å². The fourth-order valence-corrected chi connectivity index (χ4v) is 3.87. The quantitative estimate of drug-likeness (QED) is 0.449. The van der Waals surface area contributed by atoms with Gasteiger partial charge in [-0.2, -0.15) is 0 Å². The first-order valence-electron chi connectivity index (χ1n) is 5.51. The molecule has 0 amide bonds. The molecule has 3 aromatic rings. The summed E-state index contributed by atoms with van der Waals surface area (Å²) in [6.45, 7) is 0. The van der Waals surface area contributed by atoms with Gasteiger partial charge in [-0.05, 0) is 62.2 Å². The van der Waals surface area contributed by atoms with Crippen LogP contribution in [0.5, 0.6) is 5.75 Å². The highest BCUT2D eigenvalue weighted by Gasteiger charge is 2.08. The number of hydrogen-bond acceptors (Lipinski definition) is 2. The van der Waals surface area contributed by atoms with E-state index in [0.29, 0.717) is 0 Å². The minimum absolute atomic E-state index is 0.808. The lowest BCUT2D eigenvalue weighted by Crippen LogP contribution is -1.88.